The minimum absolute atomic E-state index is 0.159. The first-order valence-corrected chi connectivity index (χ1v) is 6.88. The van der Waals surface area contributed by atoms with Gasteiger partial charge in [-0.1, -0.05) is 12.2 Å². The lowest BCUT2D eigenvalue weighted by atomic mass is 10.1. The van der Waals surface area contributed by atoms with E-state index in [1.807, 2.05) is 6.08 Å². The van der Waals surface area contributed by atoms with Gasteiger partial charge in [-0.25, -0.2) is 0 Å². The monoisotopic (exact) mass is 288 g/mol. The number of ether oxygens (including phenoxy) is 2. The minimum atomic E-state index is -0.386. The number of hydrogen-bond donors (Lipinski definition) is 2. The highest BCUT2D eigenvalue weighted by molar-refractivity contribution is 5.96. The molecule has 6 heteroatoms. The Bertz CT molecular complexity index is 597. The fourth-order valence-electron chi connectivity index (χ4n) is 2.39. The van der Waals surface area contributed by atoms with Crippen molar-refractivity contribution < 1.29 is 19.1 Å². The summed E-state index contributed by atoms with van der Waals surface area (Å²) in [7, 11) is 0. The van der Waals surface area contributed by atoms with Gasteiger partial charge in [-0.05, 0) is 37.0 Å². The van der Waals surface area contributed by atoms with E-state index in [1.165, 1.54) is 0 Å². The number of rotatable bonds is 3. The largest absolute Gasteiger partial charge is 0.454 e. The Morgan fingerprint density at radius 2 is 2.05 bits per heavy atom. The maximum absolute atomic E-state index is 12.0. The van der Waals surface area contributed by atoms with Crippen LogP contribution in [0.25, 0.3) is 0 Å². The molecule has 1 aliphatic heterocycles. The summed E-state index contributed by atoms with van der Waals surface area (Å²) in [5.74, 6) is 0.838. The maximum Gasteiger partial charge on any atom is 0.269 e. The van der Waals surface area contributed by atoms with E-state index in [2.05, 4.69) is 16.9 Å². The molecule has 2 aliphatic rings. The minimum Gasteiger partial charge on any atom is -0.454 e. The zero-order valence-corrected chi connectivity index (χ0v) is 11.4. The van der Waals surface area contributed by atoms with E-state index < -0.39 is 0 Å². The lowest BCUT2D eigenvalue weighted by Crippen LogP contribution is -2.42. The molecule has 21 heavy (non-hydrogen) atoms. The highest BCUT2D eigenvalue weighted by Crippen LogP contribution is 2.32. The molecule has 1 atom stereocenters. The van der Waals surface area contributed by atoms with Crippen LogP contribution in [0.15, 0.2) is 30.4 Å². The van der Waals surface area contributed by atoms with Crippen LogP contribution in [0.4, 0.5) is 0 Å². The fourth-order valence-corrected chi connectivity index (χ4v) is 2.39. The molecule has 0 aromatic heterocycles. The summed E-state index contributed by atoms with van der Waals surface area (Å²) in [6.45, 7) is 0.159. The highest BCUT2D eigenvalue weighted by atomic mass is 16.7. The van der Waals surface area contributed by atoms with E-state index in [4.69, 9.17) is 9.47 Å². The third-order valence-corrected chi connectivity index (χ3v) is 3.51. The van der Waals surface area contributed by atoms with Gasteiger partial charge < -0.3 is 9.47 Å². The molecule has 0 saturated carbocycles. The van der Waals surface area contributed by atoms with Crippen molar-refractivity contribution in [3.05, 3.63) is 35.9 Å². The highest BCUT2D eigenvalue weighted by Gasteiger charge is 2.17. The molecule has 0 spiro atoms. The standard InChI is InChI=1S/C15H16N2O4/c18-14(7-10-3-1-2-4-10)16-17-15(19)11-5-6-12-13(8-11)21-9-20-12/h1,3,5-6,8,10H,2,4,7,9H2,(H,16,18)(H,17,19)/t10-/m1/s1. The normalized spacial score (nSPS) is 18.6. The van der Waals surface area contributed by atoms with Crippen LogP contribution in [0.2, 0.25) is 0 Å². The maximum atomic E-state index is 12.0. The van der Waals surface area contributed by atoms with E-state index in [1.54, 1.807) is 18.2 Å². The summed E-state index contributed by atoms with van der Waals surface area (Å²) in [6.07, 6.45) is 6.51. The van der Waals surface area contributed by atoms with Crippen LogP contribution in [0, 0.1) is 5.92 Å². The Kier molecular flexibility index (Phi) is 3.77. The summed E-state index contributed by atoms with van der Waals surface area (Å²) in [4.78, 5) is 23.7. The molecule has 1 heterocycles. The number of amides is 2. The molecule has 0 saturated heterocycles. The molecule has 0 unspecified atom stereocenters. The first-order valence-electron chi connectivity index (χ1n) is 6.88. The second-order valence-corrected chi connectivity index (χ2v) is 5.04. The van der Waals surface area contributed by atoms with Crippen LogP contribution in [0.5, 0.6) is 11.5 Å². The Balaban J connectivity index is 1.51. The third kappa shape index (κ3) is 3.16. The molecule has 0 bridgehead atoms. The van der Waals surface area contributed by atoms with E-state index >= 15 is 0 Å². The van der Waals surface area contributed by atoms with Crippen LogP contribution in [0.1, 0.15) is 29.6 Å². The number of carbonyl (C=O) groups excluding carboxylic acids is 2. The number of carbonyl (C=O) groups is 2. The van der Waals surface area contributed by atoms with Gasteiger partial charge >= 0.3 is 0 Å². The predicted molar refractivity (Wildman–Crippen MR) is 74.7 cm³/mol. The van der Waals surface area contributed by atoms with Crippen molar-refractivity contribution in [2.75, 3.05) is 6.79 Å². The van der Waals surface area contributed by atoms with Crippen molar-refractivity contribution in [1.29, 1.82) is 0 Å². The quantitative estimate of drug-likeness (QED) is 0.653. The van der Waals surface area contributed by atoms with E-state index in [0.717, 1.165) is 12.8 Å². The lowest BCUT2D eigenvalue weighted by molar-refractivity contribution is -0.122. The van der Waals surface area contributed by atoms with E-state index in [9.17, 15) is 9.59 Å². The summed E-state index contributed by atoms with van der Waals surface area (Å²) in [5, 5.41) is 0. The number of allylic oxidation sites excluding steroid dienone is 2. The Morgan fingerprint density at radius 3 is 2.86 bits per heavy atom. The van der Waals surface area contributed by atoms with Crippen LogP contribution < -0.4 is 20.3 Å². The molecular formula is C15H16N2O4. The van der Waals surface area contributed by atoms with Crippen molar-refractivity contribution in [1.82, 2.24) is 10.9 Å². The first-order chi connectivity index (χ1) is 10.2. The number of hydrazine groups is 1. The van der Waals surface area contributed by atoms with Gasteiger partial charge in [-0.2, -0.15) is 0 Å². The molecule has 1 aromatic rings. The second kappa shape index (κ2) is 5.87. The lowest BCUT2D eigenvalue weighted by Gasteiger charge is -2.10. The molecule has 2 amide bonds. The van der Waals surface area contributed by atoms with Crippen molar-refractivity contribution in [3.63, 3.8) is 0 Å². The molecule has 0 radical (unpaired) electrons. The van der Waals surface area contributed by atoms with Gasteiger partial charge in [0.1, 0.15) is 0 Å². The Labute approximate surface area is 122 Å². The van der Waals surface area contributed by atoms with Crippen molar-refractivity contribution in [2.24, 2.45) is 5.92 Å². The molecule has 3 rings (SSSR count). The topological polar surface area (TPSA) is 76.7 Å². The summed E-state index contributed by atoms with van der Waals surface area (Å²) >= 11 is 0. The summed E-state index contributed by atoms with van der Waals surface area (Å²) < 4.78 is 10.4. The zero-order valence-electron chi connectivity index (χ0n) is 11.4. The molecule has 6 nitrogen and oxygen atoms in total. The smallest absolute Gasteiger partial charge is 0.269 e. The average molecular weight is 288 g/mol. The van der Waals surface area contributed by atoms with Crippen LogP contribution in [-0.4, -0.2) is 18.6 Å². The fraction of sp³-hybridized carbons (Fsp3) is 0.333. The number of hydrogen-bond acceptors (Lipinski definition) is 4. The van der Waals surface area contributed by atoms with Gasteiger partial charge in [-0.3, -0.25) is 20.4 Å². The average Bonchev–Trinajstić information content (AvgIpc) is 3.14. The van der Waals surface area contributed by atoms with Crippen LogP contribution in [-0.2, 0) is 4.79 Å². The van der Waals surface area contributed by atoms with Gasteiger partial charge in [0.2, 0.25) is 12.7 Å². The van der Waals surface area contributed by atoms with E-state index in [-0.39, 0.29) is 24.5 Å². The van der Waals surface area contributed by atoms with Crippen molar-refractivity contribution >= 4 is 11.8 Å². The van der Waals surface area contributed by atoms with Crippen molar-refractivity contribution in [3.8, 4) is 11.5 Å². The van der Waals surface area contributed by atoms with Crippen molar-refractivity contribution in [2.45, 2.75) is 19.3 Å². The Morgan fingerprint density at radius 1 is 1.19 bits per heavy atom. The molecule has 1 aromatic carbocycles. The summed E-state index contributed by atoms with van der Waals surface area (Å²) in [6, 6.07) is 4.88. The Hall–Kier alpha value is -2.50. The molecule has 110 valence electrons. The molecule has 0 fully saturated rings. The SMILES string of the molecule is O=C(C[C@@H]1C=CCC1)NNC(=O)c1ccc2c(c1)OCO2. The molecular weight excluding hydrogens is 272 g/mol. The van der Waals surface area contributed by atoms with Gasteiger partial charge in [0.25, 0.3) is 5.91 Å². The predicted octanol–water partition coefficient (Wildman–Crippen LogP) is 1.53. The van der Waals surface area contributed by atoms with Gasteiger partial charge in [0.15, 0.2) is 11.5 Å². The molecule has 1 aliphatic carbocycles. The zero-order chi connectivity index (χ0) is 14.7. The van der Waals surface area contributed by atoms with Crippen LogP contribution >= 0.6 is 0 Å². The van der Waals surface area contributed by atoms with Gasteiger partial charge in [0, 0.05) is 12.0 Å². The van der Waals surface area contributed by atoms with Crippen LogP contribution in [0.3, 0.4) is 0 Å². The number of benzene rings is 1. The molecule has 2 N–H and O–H groups in total. The second-order valence-electron chi connectivity index (χ2n) is 5.04. The van der Waals surface area contributed by atoms with Gasteiger partial charge in [-0.15, -0.1) is 0 Å². The third-order valence-electron chi connectivity index (χ3n) is 3.51. The first kappa shape index (κ1) is 13.5. The number of fused-ring (bicyclic) bond motifs is 1. The summed E-state index contributed by atoms with van der Waals surface area (Å²) in [5.41, 5.74) is 5.24. The number of nitrogens with one attached hydrogen (secondary N) is 2. The van der Waals surface area contributed by atoms with Gasteiger partial charge in [0.05, 0.1) is 0 Å². The van der Waals surface area contributed by atoms with E-state index in [0.29, 0.717) is 23.5 Å².